The number of anilines is 2. The van der Waals surface area contributed by atoms with Gasteiger partial charge >= 0.3 is 0 Å². The number of nitro benzene ring substituents is 1. The van der Waals surface area contributed by atoms with Gasteiger partial charge in [0, 0.05) is 37.0 Å². The standard InChI is InChI=1S/C14H19N3O3/c1-9-7-16(8-10(2)20-9)14-11-5-6-15-12(11)3-4-13(14)17(18)19/h3-4,9-10,15H,5-8H2,1-2H3. The first kappa shape index (κ1) is 13.2. The fourth-order valence-corrected chi connectivity index (χ4v) is 3.23. The van der Waals surface area contributed by atoms with Gasteiger partial charge in [-0.25, -0.2) is 0 Å². The lowest BCUT2D eigenvalue weighted by Crippen LogP contribution is -2.46. The Hall–Kier alpha value is -1.82. The summed E-state index contributed by atoms with van der Waals surface area (Å²) >= 11 is 0. The van der Waals surface area contributed by atoms with E-state index in [1.54, 1.807) is 6.07 Å². The largest absolute Gasteiger partial charge is 0.384 e. The SMILES string of the molecule is CC1CN(c2c([N+](=O)[O-])ccc3c2CCN3)CC(C)O1. The Morgan fingerprint density at radius 2 is 2.05 bits per heavy atom. The highest BCUT2D eigenvalue weighted by Gasteiger charge is 2.31. The molecule has 2 unspecified atom stereocenters. The normalized spacial score (nSPS) is 25.2. The van der Waals surface area contributed by atoms with E-state index in [-0.39, 0.29) is 22.8 Å². The second-order valence-electron chi connectivity index (χ2n) is 5.56. The van der Waals surface area contributed by atoms with Crippen LogP contribution < -0.4 is 10.2 Å². The number of benzene rings is 1. The molecule has 2 atom stereocenters. The van der Waals surface area contributed by atoms with Gasteiger partial charge in [-0.05, 0) is 26.3 Å². The summed E-state index contributed by atoms with van der Waals surface area (Å²) < 4.78 is 5.73. The lowest BCUT2D eigenvalue weighted by atomic mass is 10.1. The van der Waals surface area contributed by atoms with Crippen LogP contribution in [0.3, 0.4) is 0 Å². The second-order valence-corrected chi connectivity index (χ2v) is 5.56. The minimum Gasteiger partial charge on any atom is -0.384 e. The lowest BCUT2D eigenvalue weighted by molar-refractivity contribution is -0.384. The third-order valence-electron chi connectivity index (χ3n) is 3.88. The molecule has 2 aliphatic heterocycles. The molecule has 6 heteroatoms. The van der Waals surface area contributed by atoms with E-state index in [9.17, 15) is 10.1 Å². The molecule has 3 rings (SSSR count). The quantitative estimate of drug-likeness (QED) is 0.663. The fourth-order valence-electron chi connectivity index (χ4n) is 3.23. The Labute approximate surface area is 117 Å². The van der Waals surface area contributed by atoms with E-state index in [0.29, 0.717) is 13.1 Å². The smallest absolute Gasteiger partial charge is 0.292 e. The summed E-state index contributed by atoms with van der Waals surface area (Å²) in [6.07, 6.45) is 1.01. The number of nitrogens with zero attached hydrogens (tertiary/aromatic N) is 2. The van der Waals surface area contributed by atoms with E-state index in [4.69, 9.17) is 4.74 Å². The highest BCUT2D eigenvalue weighted by atomic mass is 16.6. The van der Waals surface area contributed by atoms with E-state index < -0.39 is 0 Å². The molecule has 0 bridgehead atoms. The maximum atomic E-state index is 11.4. The van der Waals surface area contributed by atoms with Crippen LogP contribution in [0.25, 0.3) is 0 Å². The van der Waals surface area contributed by atoms with Crippen molar-refractivity contribution < 1.29 is 9.66 Å². The molecule has 0 amide bonds. The number of nitro groups is 1. The van der Waals surface area contributed by atoms with Crippen molar-refractivity contribution in [3.63, 3.8) is 0 Å². The molecule has 2 aliphatic rings. The topological polar surface area (TPSA) is 67.6 Å². The average Bonchev–Trinajstić information content (AvgIpc) is 2.84. The highest BCUT2D eigenvalue weighted by molar-refractivity contribution is 5.78. The predicted molar refractivity (Wildman–Crippen MR) is 77.5 cm³/mol. The number of ether oxygens (including phenoxy) is 1. The van der Waals surface area contributed by atoms with Crippen LogP contribution in [-0.4, -0.2) is 36.8 Å². The van der Waals surface area contributed by atoms with Crippen molar-refractivity contribution >= 4 is 17.1 Å². The second kappa shape index (κ2) is 4.94. The number of hydrogen-bond donors (Lipinski definition) is 1. The van der Waals surface area contributed by atoms with Gasteiger partial charge < -0.3 is 15.0 Å². The molecule has 1 saturated heterocycles. The van der Waals surface area contributed by atoms with Crippen molar-refractivity contribution in [2.24, 2.45) is 0 Å². The molecular formula is C14H19N3O3. The van der Waals surface area contributed by atoms with Crippen LogP contribution in [0.2, 0.25) is 0 Å². The van der Waals surface area contributed by atoms with Crippen molar-refractivity contribution in [3.05, 3.63) is 27.8 Å². The Bertz CT molecular complexity index is 537. The van der Waals surface area contributed by atoms with E-state index >= 15 is 0 Å². The van der Waals surface area contributed by atoms with E-state index in [1.165, 1.54) is 0 Å². The van der Waals surface area contributed by atoms with Gasteiger partial charge in [0.15, 0.2) is 0 Å². The molecule has 0 spiro atoms. The molecule has 1 N–H and O–H groups in total. The monoisotopic (exact) mass is 277 g/mol. The highest BCUT2D eigenvalue weighted by Crippen LogP contribution is 2.40. The number of fused-ring (bicyclic) bond motifs is 1. The maximum Gasteiger partial charge on any atom is 0.292 e. The molecular weight excluding hydrogens is 258 g/mol. The van der Waals surface area contributed by atoms with Crippen LogP contribution in [0.1, 0.15) is 19.4 Å². The van der Waals surface area contributed by atoms with Gasteiger partial charge in [-0.15, -0.1) is 0 Å². The Morgan fingerprint density at radius 1 is 1.35 bits per heavy atom. The predicted octanol–water partition coefficient (Wildman–Crippen LogP) is 2.18. The Morgan fingerprint density at radius 3 is 2.70 bits per heavy atom. The molecule has 1 aromatic carbocycles. The molecule has 20 heavy (non-hydrogen) atoms. The summed E-state index contributed by atoms with van der Waals surface area (Å²) in [7, 11) is 0. The van der Waals surface area contributed by atoms with Gasteiger partial charge in [0.2, 0.25) is 0 Å². The van der Waals surface area contributed by atoms with Crippen LogP contribution >= 0.6 is 0 Å². The van der Waals surface area contributed by atoms with E-state index in [1.807, 2.05) is 19.9 Å². The van der Waals surface area contributed by atoms with E-state index in [2.05, 4.69) is 10.2 Å². The third kappa shape index (κ3) is 2.20. The summed E-state index contributed by atoms with van der Waals surface area (Å²) in [6.45, 7) is 6.26. The minimum atomic E-state index is -0.279. The molecule has 0 aromatic heterocycles. The number of morpholine rings is 1. The van der Waals surface area contributed by atoms with Gasteiger partial charge in [-0.2, -0.15) is 0 Å². The zero-order valence-corrected chi connectivity index (χ0v) is 11.8. The zero-order valence-electron chi connectivity index (χ0n) is 11.8. The first-order valence-corrected chi connectivity index (χ1v) is 7.01. The Kier molecular flexibility index (Phi) is 3.25. The van der Waals surface area contributed by atoms with Crippen molar-refractivity contribution in [3.8, 4) is 0 Å². The average molecular weight is 277 g/mol. The number of hydrogen-bond acceptors (Lipinski definition) is 5. The van der Waals surface area contributed by atoms with E-state index in [0.717, 1.165) is 29.9 Å². The molecule has 2 heterocycles. The van der Waals surface area contributed by atoms with Gasteiger partial charge in [0.05, 0.1) is 17.1 Å². The van der Waals surface area contributed by atoms with Crippen LogP contribution in [0.5, 0.6) is 0 Å². The van der Waals surface area contributed by atoms with Gasteiger partial charge in [-0.3, -0.25) is 10.1 Å². The summed E-state index contributed by atoms with van der Waals surface area (Å²) in [5.74, 6) is 0. The minimum absolute atomic E-state index is 0.0866. The zero-order chi connectivity index (χ0) is 14.3. The van der Waals surface area contributed by atoms with Crippen LogP contribution in [-0.2, 0) is 11.2 Å². The van der Waals surface area contributed by atoms with Crippen molar-refractivity contribution in [1.82, 2.24) is 0 Å². The van der Waals surface area contributed by atoms with Crippen molar-refractivity contribution in [2.75, 3.05) is 29.9 Å². The van der Waals surface area contributed by atoms with Crippen LogP contribution in [0, 0.1) is 10.1 Å². The number of nitrogens with one attached hydrogen (secondary N) is 1. The summed E-state index contributed by atoms with van der Waals surface area (Å²) in [5.41, 5.74) is 3.08. The van der Waals surface area contributed by atoms with Gasteiger partial charge in [-0.1, -0.05) is 0 Å². The molecule has 6 nitrogen and oxygen atoms in total. The van der Waals surface area contributed by atoms with Crippen molar-refractivity contribution in [1.29, 1.82) is 0 Å². The summed E-state index contributed by atoms with van der Waals surface area (Å²) in [4.78, 5) is 13.2. The fraction of sp³-hybridized carbons (Fsp3) is 0.571. The molecule has 0 saturated carbocycles. The first-order chi connectivity index (χ1) is 9.56. The molecule has 0 radical (unpaired) electrons. The van der Waals surface area contributed by atoms with Crippen molar-refractivity contribution in [2.45, 2.75) is 32.5 Å². The third-order valence-corrected chi connectivity index (χ3v) is 3.88. The first-order valence-electron chi connectivity index (χ1n) is 7.01. The summed E-state index contributed by atoms with van der Waals surface area (Å²) in [6, 6.07) is 3.43. The molecule has 1 fully saturated rings. The Balaban J connectivity index is 2.06. The maximum absolute atomic E-state index is 11.4. The van der Waals surface area contributed by atoms with Crippen LogP contribution in [0.4, 0.5) is 17.1 Å². The summed E-state index contributed by atoms with van der Waals surface area (Å²) in [5, 5.41) is 14.6. The molecule has 0 aliphatic carbocycles. The molecule has 1 aromatic rings. The lowest BCUT2D eigenvalue weighted by Gasteiger charge is -2.37. The van der Waals surface area contributed by atoms with Crippen LogP contribution in [0.15, 0.2) is 12.1 Å². The molecule has 108 valence electrons. The van der Waals surface area contributed by atoms with Gasteiger partial charge in [0.1, 0.15) is 5.69 Å². The number of rotatable bonds is 2. The van der Waals surface area contributed by atoms with Gasteiger partial charge in [0.25, 0.3) is 5.69 Å².